The SMILES string of the molecule is CN1C2CCCC1CC(NCC(=O)Nc1ccccc1)C2. The summed E-state index contributed by atoms with van der Waals surface area (Å²) < 4.78 is 0. The average molecular weight is 287 g/mol. The van der Waals surface area contributed by atoms with Gasteiger partial charge in [-0.15, -0.1) is 0 Å². The number of nitrogens with one attached hydrogen (secondary N) is 2. The van der Waals surface area contributed by atoms with Crippen LogP contribution in [0.3, 0.4) is 0 Å². The monoisotopic (exact) mass is 287 g/mol. The molecule has 2 heterocycles. The van der Waals surface area contributed by atoms with Gasteiger partial charge in [0, 0.05) is 23.8 Å². The molecule has 1 aromatic rings. The highest BCUT2D eigenvalue weighted by molar-refractivity contribution is 5.92. The van der Waals surface area contributed by atoms with Crippen LogP contribution in [0.1, 0.15) is 32.1 Å². The molecule has 2 N–H and O–H groups in total. The molecule has 2 aliphatic rings. The number of rotatable bonds is 4. The highest BCUT2D eigenvalue weighted by Crippen LogP contribution is 2.32. The molecule has 2 unspecified atom stereocenters. The van der Waals surface area contributed by atoms with E-state index in [-0.39, 0.29) is 5.91 Å². The van der Waals surface area contributed by atoms with Gasteiger partial charge < -0.3 is 15.5 Å². The van der Waals surface area contributed by atoms with Gasteiger partial charge in [-0.05, 0) is 44.9 Å². The van der Waals surface area contributed by atoms with Crippen LogP contribution in [0, 0.1) is 0 Å². The van der Waals surface area contributed by atoms with E-state index in [1.807, 2.05) is 30.3 Å². The van der Waals surface area contributed by atoms with Crippen LogP contribution in [-0.2, 0) is 4.79 Å². The zero-order valence-corrected chi connectivity index (χ0v) is 12.7. The van der Waals surface area contributed by atoms with Crippen LogP contribution >= 0.6 is 0 Å². The van der Waals surface area contributed by atoms with Crippen LogP contribution in [0.15, 0.2) is 30.3 Å². The highest BCUT2D eigenvalue weighted by Gasteiger charge is 2.35. The van der Waals surface area contributed by atoms with Crippen LogP contribution in [-0.4, -0.2) is 42.5 Å². The molecular formula is C17H25N3O. The molecule has 2 fully saturated rings. The Labute approximate surface area is 126 Å². The lowest BCUT2D eigenvalue weighted by Gasteiger charge is -2.47. The summed E-state index contributed by atoms with van der Waals surface area (Å²) in [5, 5.41) is 6.38. The minimum absolute atomic E-state index is 0.0466. The zero-order valence-electron chi connectivity index (χ0n) is 12.7. The van der Waals surface area contributed by atoms with Crippen molar-refractivity contribution in [1.82, 2.24) is 10.2 Å². The summed E-state index contributed by atoms with van der Waals surface area (Å²) in [6.45, 7) is 0.405. The maximum Gasteiger partial charge on any atom is 0.238 e. The van der Waals surface area contributed by atoms with Crippen molar-refractivity contribution in [3.63, 3.8) is 0 Å². The summed E-state index contributed by atoms with van der Waals surface area (Å²) in [7, 11) is 2.26. The smallest absolute Gasteiger partial charge is 0.238 e. The minimum atomic E-state index is 0.0466. The molecule has 4 heteroatoms. The number of amides is 1. The molecule has 1 amide bonds. The summed E-state index contributed by atoms with van der Waals surface area (Å²) in [6.07, 6.45) is 6.32. The Hall–Kier alpha value is -1.39. The first-order valence-corrected chi connectivity index (χ1v) is 8.02. The van der Waals surface area contributed by atoms with E-state index >= 15 is 0 Å². The third-order valence-corrected chi connectivity index (χ3v) is 4.95. The van der Waals surface area contributed by atoms with Gasteiger partial charge in [-0.2, -0.15) is 0 Å². The number of nitrogens with zero attached hydrogens (tertiary/aromatic N) is 1. The maximum atomic E-state index is 12.0. The number of benzene rings is 1. The van der Waals surface area contributed by atoms with Gasteiger partial charge in [0.25, 0.3) is 0 Å². The number of hydrogen-bond donors (Lipinski definition) is 2. The highest BCUT2D eigenvalue weighted by atomic mass is 16.1. The Morgan fingerprint density at radius 1 is 1.19 bits per heavy atom. The number of hydrogen-bond acceptors (Lipinski definition) is 3. The molecule has 0 saturated carbocycles. The summed E-state index contributed by atoms with van der Waals surface area (Å²) >= 11 is 0. The van der Waals surface area contributed by atoms with Crippen molar-refractivity contribution in [2.45, 2.75) is 50.2 Å². The van der Waals surface area contributed by atoms with Crippen molar-refractivity contribution >= 4 is 11.6 Å². The van der Waals surface area contributed by atoms with Gasteiger partial charge in [0.05, 0.1) is 6.54 Å². The van der Waals surface area contributed by atoms with Crippen LogP contribution in [0.25, 0.3) is 0 Å². The van der Waals surface area contributed by atoms with Crippen LogP contribution in [0.2, 0.25) is 0 Å². The lowest BCUT2D eigenvalue weighted by molar-refractivity contribution is -0.115. The Bertz CT molecular complexity index is 462. The van der Waals surface area contributed by atoms with Gasteiger partial charge in [-0.3, -0.25) is 4.79 Å². The fourth-order valence-electron chi connectivity index (χ4n) is 3.75. The Balaban J connectivity index is 1.46. The number of carbonyl (C=O) groups excluding carboxylic acids is 1. The molecule has 21 heavy (non-hydrogen) atoms. The summed E-state index contributed by atoms with van der Waals surface area (Å²) in [6, 6.07) is 11.5. The van der Waals surface area contributed by atoms with Crippen molar-refractivity contribution in [3.8, 4) is 0 Å². The van der Waals surface area contributed by atoms with Crippen molar-refractivity contribution in [1.29, 1.82) is 0 Å². The molecule has 2 saturated heterocycles. The second-order valence-corrected chi connectivity index (χ2v) is 6.37. The van der Waals surface area contributed by atoms with Crippen molar-refractivity contribution < 1.29 is 4.79 Å². The molecule has 0 spiro atoms. The van der Waals surface area contributed by atoms with Crippen LogP contribution in [0.5, 0.6) is 0 Å². The Morgan fingerprint density at radius 2 is 1.86 bits per heavy atom. The summed E-state index contributed by atoms with van der Waals surface area (Å²) in [4.78, 5) is 14.5. The number of anilines is 1. The van der Waals surface area contributed by atoms with E-state index in [9.17, 15) is 4.79 Å². The van der Waals surface area contributed by atoms with E-state index in [4.69, 9.17) is 0 Å². The van der Waals surface area contributed by atoms with Crippen molar-refractivity contribution in [3.05, 3.63) is 30.3 Å². The third-order valence-electron chi connectivity index (χ3n) is 4.95. The Morgan fingerprint density at radius 3 is 2.52 bits per heavy atom. The molecule has 2 bridgehead atoms. The molecule has 0 radical (unpaired) electrons. The first-order valence-electron chi connectivity index (χ1n) is 8.02. The molecule has 3 rings (SSSR count). The lowest BCUT2D eigenvalue weighted by Crippen LogP contribution is -2.55. The first kappa shape index (κ1) is 14.5. The molecule has 1 aromatic carbocycles. The van der Waals surface area contributed by atoms with E-state index in [2.05, 4.69) is 22.6 Å². The second-order valence-electron chi connectivity index (χ2n) is 6.37. The molecular weight excluding hydrogens is 262 g/mol. The fraction of sp³-hybridized carbons (Fsp3) is 0.588. The molecule has 114 valence electrons. The summed E-state index contributed by atoms with van der Waals surface area (Å²) in [5.41, 5.74) is 0.865. The zero-order chi connectivity index (χ0) is 14.7. The van der Waals surface area contributed by atoms with E-state index in [0.29, 0.717) is 24.7 Å². The van der Waals surface area contributed by atoms with Gasteiger partial charge in [0.15, 0.2) is 0 Å². The number of carbonyl (C=O) groups is 1. The van der Waals surface area contributed by atoms with Crippen LogP contribution in [0.4, 0.5) is 5.69 Å². The van der Waals surface area contributed by atoms with Gasteiger partial charge in [-0.1, -0.05) is 24.6 Å². The predicted octanol–water partition coefficient (Wildman–Crippen LogP) is 2.23. The van der Waals surface area contributed by atoms with Gasteiger partial charge in [0.2, 0.25) is 5.91 Å². The molecule has 0 aliphatic carbocycles. The van der Waals surface area contributed by atoms with Gasteiger partial charge in [-0.25, -0.2) is 0 Å². The largest absolute Gasteiger partial charge is 0.325 e. The average Bonchev–Trinajstić information content (AvgIpc) is 2.46. The number of para-hydroxylation sites is 1. The van der Waals surface area contributed by atoms with E-state index in [0.717, 1.165) is 5.69 Å². The van der Waals surface area contributed by atoms with E-state index < -0.39 is 0 Å². The van der Waals surface area contributed by atoms with Gasteiger partial charge in [0.1, 0.15) is 0 Å². The summed E-state index contributed by atoms with van der Waals surface area (Å²) in [5.74, 6) is 0.0466. The van der Waals surface area contributed by atoms with E-state index in [1.54, 1.807) is 0 Å². The maximum absolute atomic E-state index is 12.0. The number of piperidine rings is 2. The standard InChI is InChI=1S/C17H25N3O/c1-20-15-8-5-9-16(20)11-14(10-15)18-12-17(21)19-13-6-3-2-4-7-13/h2-4,6-7,14-16,18H,5,8-12H2,1H3,(H,19,21). The molecule has 2 atom stereocenters. The van der Waals surface area contributed by atoms with Gasteiger partial charge >= 0.3 is 0 Å². The normalized spacial score (nSPS) is 29.1. The predicted molar refractivity (Wildman–Crippen MR) is 85.3 cm³/mol. The van der Waals surface area contributed by atoms with Crippen molar-refractivity contribution in [2.75, 3.05) is 18.9 Å². The molecule has 2 aliphatic heterocycles. The quantitative estimate of drug-likeness (QED) is 0.892. The van der Waals surface area contributed by atoms with Crippen molar-refractivity contribution in [2.24, 2.45) is 0 Å². The number of fused-ring (bicyclic) bond motifs is 2. The topological polar surface area (TPSA) is 44.4 Å². The lowest BCUT2D eigenvalue weighted by atomic mass is 9.82. The second kappa shape index (κ2) is 6.58. The third kappa shape index (κ3) is 3.63. The fourth-order valence-corrected chi connectivity index (χ4v) is 3.75. The first-order chi connectivity index (χ1) is 10.2. The van der Waals surface area contributed by atoms with E-state index in [1.165, 1.54) is 32.1 Å². The minimum Gasteiger partial charge on any atom is -0.325 e. The molecule has 0 aromatic heterocycles. The van der Waals surface area contributed by atoms with Crippen LogP contribution < -0.4 is 10.6 Å². The molecule has 4 nitrogen and oxygen atoms in total. The Kier molecular flexibility index (Phi) is 4.56.